The number of carbonyl (C=O) groups excluding carboxylic acids is 1. The zero-order valence-corrected chi connectivity index (χ0v) is 15.4. The van der Waals surface area contributed by atoms with Crippen molar-refractivity contribution in [3.63, 3.8) is 0 Å². The van der Waals surface area contributed by atoms with Crippen LogP contribution >= 0.6 is 11.6 Å². The molecule has 1 aliphatic heterocycles. The van der Waals surface area contributed by atoms with Crippen molar-refractivity contribution in [1.82, 2.24) is 9.88 Å². The Morgan fingerprint density at radius 1 is 1.31 bits per heavy atom. The summed E-state index contributed by atoms with van der Waals surface area (Å²) in [4.78, 5) is 12.8. The summed E-state index contributed by atoms with van der Waals surface area (Å²) >= 11 is 6.26. The van der Waals surface area contributed by atoms with Gasteiger partial charge >= 0.3 is 0 Å². The standard InChI is InChI=1S/C18H17ClN2O4S/c19-14-4-2-1-3-12(14)10-21-15-5-7-25-17(15)9-16(21)18(22)20-13-6-8-26(23,24)11-13/h1-5,7,9,13H,6,8,10-11H2,(H,20,22). The second kappa shape index (κ2) is 6.48. The van der Waals surface area contributed by atoms with Crippen molar-refractivity contribution in [3.05, 3.63) is 58.9 Å². The van der Waals surface area contributed by atoms with Crippen LogP contribution in [0.2, 0.25) is 5.02 Å². The third-order valence-corrected chi connectivity index (χ3v) is 6.75. The average Bonchev–Trinajstić information content (AvgIpc) is 3.25. The number of hydrogen-bond acceptors (Lipinski definition) is 4. The summed E-state index contributed by atoms with van der Waals surface area (Å²) in [6, 6.07) is 10.6. The van der Waals surface area contributed by atoms with Gasteiger partial charge < -0.3 is 14.3 Å². The Labute approximate surface area is 155 Å². The van der Waals surface area contributed by atoms with Crippen LogP contribution in [0.25, 0.3) is 11.1 Å². The fourth-order valence-corrected chi connectivity index (χ4v) is 5.17. The van der Waals surface area contributed by atoms with Crippen molar-refractivity contribution in [2.24, 2.45) is 0 Å². The maximum atomic E-state index is 12.8. The lowest BCUT2D eigenvalue weighted by atomic mass is 10.2. The number of fused-ring (bicyclic) bond motifs is 1. The van der Waals surface area contributed by atoms with E-state index in [1.807, 2.05) is 22.8 Å². The van der Waals surface area contributed by atoms with Gasteiger partial charge in [0.05, 0.1) is 23.3 Å². The zero-order chi connectivity index (χ0) is 18.3. The number of carbonyl (C=O) groups is 1. The molecule has 3 aromatic rings. The van der Waals surface area contributed by atoms with Crippen LogP contribution in [0.15, 0.2) is 47.1 Å². The van der Waals surface area contributed by atoms with Crippen molar-refractivity contribution in [3.8, 4) is 0 Å². The molecule has 2 aromatic heterocycles. The molecule has 136 valence electrons. The lowest BCUT2D eigenvalue weighted by Crippen LogP contribution is -2.36. The molecule has 1 fully saturated rings. The fourth-order valence-electron chi connectivity index (χ4n) is 3.30. The van der Waals surface area contributed by atoms with E-state index in [4.69, 9.17) is 16.0 Å². The summed E-state index contributed by atoms with van der Waals surface area (Å²) < 4.78 is 30.5. The highest BCUT2D eigenvalue weighted by molar-refractivity contribution is 7.91. The Balaban J connectivity index is 1.66. The van der Waals surface area contributed by atoms with Gasteiger partial charge in [0.15, 0.2) is 15.4 Å². The van der Waals surface area contributed by atoms with Crippen molar-refractivity contribution >= 4 is 38.4 Å². The van der Waals surface area contributed by atoms with Crippen molar-refractivity contribution < 1.29 is 17.6 Å². The SMILES string of the molecule is O=C(NC1CCS(=O)(=O)C1)c1cc2occc2n1Cc1ccccc1Cl. The Morgan fingerprint density at radius 3 is 2.85 bits per heavy atom. The number of nitrogens with zero attached hydrogens (tertiary/aromatic N) is 1. The van der Waals surface area contributed by atoms with E-state index in [0.717, 1.165) is 11.1 Å². The van der Waals surface area contributed by atoms with Gasteiger partial charge in [-0.15, -0.1) is 0 Å². The lowest BCUT2D eigenvalue weighted by Gasteiger charge is -2.14. The van der Waals surface area contributed by atoms with Gasteiger partial charge in [0.1, 0.15) is 5.69 Å². The number of benzene rings is 1. The Kier molecular flexibility index (Phi) is 4.28. The first-order valence-electron chi connectivity index (χ1n) is 8.24. The van der Waals surface area contributed by atoms with E-state index in [1.54, 1.807) is 24.5 Å². The maximum Gasteiger partial charge on any atom is 0.268 e. The van der Waals surface area contributed by atoms with Gasteiger partial charge in [0, 0.05) is 29.7 Å². The average molecular weight is 393 g/mol. The quantitative estimate of drug-likeness (QED) is 0.740. The second-order valence-corrected chi connectivity index (χ2v) is 9.09. The highest BCUT2D eigenvalue weighted by Crippen LogP contribution is 2.25. The number of halogens is 1. The second-order valence-electron chi connectivity index (χ2n) is 6.45. The van der Waals surface area contributed by atoms with Crippen molar-refractivity contribution in [1.29, 1.82) is 0 Å². The molecule has 0 spiro atoms. The maximum absolute atomic E-state index is 12.8. The number of sulfone groups is 1. The smallest absolute Gasteiger partial charge is 0.268 e. The van der Waals surface area contributed by atoms with E-state index in [0.29, 0.717) is 29.3 Å². The molecule has 6 nitrogen and oxygen atoms in total. The van der Waals surface area contributed by atoms with Crippen LogP contribution in [0, 0.1) is 0 Å². The molecule has 1 N–H and O–H groups in total. The molecular formula is C18H17ClN2O4S. The van der Waals surface area contributed by atoms with E-state index in [-0.39, 0.29) is 23.5 Å². The predicted octanol–water partition coefficient (Wildman–Crippen LogP) is 2.85. The molecule has 0 saturated carbocycles. The molecule has 26 heavy (non-hydrogen) atoms. The number of aromatic nitrogens is 1. The van der Waals surface area contributed by atoms with E-state index in [1.165, 1.54) is 0 Å². The van der Waals surface area contributed by atoms with Crippen LogP contribution in [-0.2, 0) is 16.4 Å². The molecule has 1 aliphatic rings. The molecule has 0 aliphatic carbocycles. The van der Waals surface area contributed by atoms with Gasteiger partial charge in [-0.05, 0) is 18.1 Å². The molecule has 1 amide bonds. The number of amides is 1. The van der Waals surface area contributed by atoms with Crippen LogP contribution in [0.4, 0.5) is 0 Å². The molecule has 3 heterocycles. The minimum Gasteiger partial charge on any atom is -0.463 e. The van der Waals surface area contributed by atoms with E-state index >= 15 is 0 Å². The number of rotatable bonds is 4. The minimum absolute atomic E-state index is 0.0138. The van der Waals surface area contributed by atoms with Crippen molar-refractivity contribution in [2.75, 3.05) is 11.5 Å². The molecular weight excluding hydrogens is 376 g/mol. The first-order valence-corrected chi connectivity index (χ1v) is 10.4. The van der Waals surface area contributed by atoms with Gasteiger partial charge in [-0.3, -0.25) is 4.79 Å². The summed E-state index contributed by atoms with van der Waals surface area (Å²) in [5, 5.41) is 3.45. The highest BCUT2D eigenvalue weighted by atomic mass is 35.5. The normalized spacial score (nSPS) is 19.0. The first kappa shape index (κ1) is 17.2. The Hall–Kier alpha value is -2.25. The fraction of sp³-hybridized carbons (Fsp3) is 0.278. The summed E-state index contributed by atoms with van der Waals surface area (Å²) in [6.45, 7) is 0.411. The van der Waals surface area contributed by atoms with E-state index < -0.39 is 9.84 Å². The van der Waals surface area contributed by atoms with Crippen molar-refractivity contribution in [2.45, 2.75) is 19.0 Å². The topological polar surface area (TPSA) is 81.3 Å². The summed E-state index contributed by atoms with van der Waals surface area (Å²) in [6.07, 6.45) is 2.01. The zero-order valence-electron chi connectivity index (χ0n) is 13.8. The molecule has 8 heteroatoms. The largest absolute Gasteiger partial charge is 0.463 e. The lowest BCUT2D eigenvalue weighted by molar-refractivity contribution is 0.0932. The van der Waals surface area contributed by atoms with Gasteiger partial charge in [0.2, 0.25) is 0 Å². The van der Waals surface area contributed by atoms with E-state index in [2.05, 4.69) is 5.32 Å². The van der Waals surface area contributed by atoms with Crippen LogP contribution < -0.4 is 5.32 Å². The minimum atomic E-state index is -3.06. The third kappa shape index (κ3) is 3.24. The molecule has 0 bridgehead atoms. The molecule has 4 rings (SSSR count). The number of furan rings is 1. The summed E-state index contributed by atoms with van der Waals surface area (Å²) in [7, 11) is -3.06. The van der Waals surface area contributed by atoms with Crippen LogP contribution in [-0.4, -0.2) is 36.4 Å². The molecule has 1 aromatic carbocycles. The number of nitrogens with one attached hydrogen (secondary N) is 1. The Bertz CT molecular complexity index is 1080. The van der Waals surface area contributed by atoms with Crippen LogP contribution in [0.5, 0.6) is 0 Å². The third-order valence-electron chi connectivity index (χ3n) is 4.61. The predicted molar refractivity (Wildman–Crippen MR) is 99.3 cm³/mol. The first-order chi connectivity index (χ1) is 12.4. The highest BCUT2D eigenvalue weighted by Gasteiger charge is 2.30. The molecule has 1 atom stereocenters. The van der Waals surface area contributed by atoms with Gasteiger partial charge in [-0.2, -0.15) is 0 Å². The van der Waals surface area contributed by atoms with Gasteiger partial charge in [0.25, 0.3) is 5.91 Å². The monoisotopic (exact) mass is 392 g/mol. The number of hydrogen-bond donors (Lipinski definition) is 1. The molecule has 1 saturated heterocycles. The van der Waals surface area contributed by atoms with Crippen LogP contribution in [0.3, 0.4) is 0 Å². The van der Waals surface area contributed by atoms with E-state index in [9.17, 15) is 13.2 Å². The molecule has 1 unspecified atom stereocenters. The summed E-state index contributed by atoms with van der Waals surface area (Å²) in [5.74, 6) is -0.216. The van der Waals surface area contributed by atoms with Crippen LogP contribution in [0.1, 0.15) is 22.5 Å². The Morgan fingerprint density at radius 2 is 2.12 bits per heavy atom. The molecule has 0 radical (unpaired) electrons. The summed E-state index contributed by atoms with van der Waals surface area (Å²) in [5.41, 5.74) is 2.68. The van der Waals surface area contributed by atoms with Gasteiger partial charge in [-0.1, -0.05) is 29.8 Å². The van der Waals surface area contributed by atoms with Gasteiger partial charge in [-0.25, -0.2) is 8.42 Å².